The molecule has 1 amide bonds. The third-order valence-corrected chi connectivity index (χ3v) is 4.05. The monoisotopic (exact) mass is 260 g/mol. The fourth-order valence-electron chi connectivity index (χ4n) is 2.51. The first kappa shape index (κ1) is 14.1. The lowest BCUT2D eigenvalue weighted by Gasteiger charge is -2.34. The molecule has 0 aliphatic carbocycles. The summed E-state index contributed by atoms with van der Waals surface area (Å²) >= 11 is 0. The largest absolute Gasteiger partial charge is 0.351 e. The highest BCUT2D eigenvalue weighted by molar-refractivity contribution is 5.81. The lowest BCUT2D eigenvalue weighted by atomic mass is 9.98. The standard InChI is InChI=1S/C16H24N2O/c1-13-8-10-18(11-9-13)14(2)16(19)17-12-15-6-4-3-5-7-15/h3-7,13-14H,8-12H2,1-2H3,(H,17,19). The summed E-state index contributed by atoms with van der Waals surface area (Å²) in [5.41, 5.74) is 1.15. The Hall–Kier alpha value is -1.35. The molecule has 1 aromatic rings. The molecule has 2 rings (SSSR count). The fourth-order valence-corrected chi connectivity index (χ4v) is 2.51. The van der Waals surface area contributed by atoms with Gasteiger partial charge in [-0.1, -0.05) is 37.3 Å². The van der Waals surface area contributed by atoms with Crippen LogP contribution < -0.4 is 5.32 Å². The minimum Gasteiger partial charge on any atom is -0.351 e. The van der Waals surface area contributed by atoms with Gasteiger partial charge in [-0.2, -0.15) is 0 Å². The molecular weight excluding hydrogens is 236 g/mol. The second-order valence-electron chi connectivity index (χ2n) is 5.60. The molecular formula is C16H24N2O. The van der Waals surface area contributed by atoms with Gasteiger partial charge in [0.1, 0.15) is 0 Å². The zero-order chi connectivity index (χ0) is 13.7. The summed E-state index contributed by atoms with van der Waals surface area (Å²) in [5.74, 6) is 0.939. The lowest BCUT2D eigenvalue weighted by molar-refractivity contribution is -0.126. The molecule has 1 heterocycles. The molecule has 0 bridgehead atoms. The van der Waals surface area contributed by atoms with Crippen LogP contribution in [0.2, 0.25) is 0 Å². The van der Waals surface area contributed by atoms with E-state index >= 15 is 0 Å². The first-order valence-electron chi connectivity index (χ1n) is 7.22. The molecule has 1 aliphatic heterocycles. The van der Waals surface area contributed by atoms with Gasteiger partial charge in [-0.05, 0) is 44.3 Å². The van der Waals surface area contributed by atoms with Crippen molar-refractivity contribution in [3.63, 3.8) is 0 Å². The van der Waals surface area contributed by atoms with Gasteiger partial charge in [0.05, 0.1) is 6.04 Å². The summed E-state index contributed by atoms with van der Waals surface area (Å²) in [4.78, 5) is 14.4. The quantitative estimate of drug-likeness (QED) is 0.901. The van der Waals surface area contributed by atoms with E-state index in [2.05, 4.69) is 17.1 Å². The van der Waals surface area contributed by atoms with E-state index in [0.29, 0.717) is 6.54 Å². The van der Waals surface area contributed by atoms with Crippen molar-refractivity contribution in [1.29, 1.82) is 0 Å². The van der Waals surface area contributed by atoms with Crippen LogP contribution in [0.15, 0.2) is 30.3 Å². The maximum Gasteiger partial charge on any atom is 0.237 e. The molecule has 19 heavy (non-hydrogen) atoms. The summed E-state index contributed by atoms with van der Waals surface area (Å²) < 4.78 is 0. The Balaban J connectivity index is 1.79. The van der Waals surface area contributed by atoms with Gasteiger partial charge in [0, 0.05) is 6.54 Å². The molecule has 3 nitrogen and oxygen atoms in total. The predicted octanol–water partition coefficient (Wildman–Crippen LogP) is 2.42. The van der Waals surface area contributed by atoms with E-state index < -0.39 is 0 Å². The van der Waals surface area contributed by atoms with Crippen LogP contribution >= 0.6 is 0 Å². The first-order valence-corrected chi connectivity index (χ1v) is 7.22. The van der Waals surface area contributed by atoms with Crippen molar-refractivity contribution in [2.75, 3.05) is 13.1 Å². The number of carbonyl (C=O) groups is 1. The Labute approximate surface area is 116 Å². The topological polar surface area (TPSA) is 32.3 Å². The van der Waals surface area contributed by atoms with Gasteiger partial charge in [-0.25, -0.2) is 0 Å². The van der Waals surface area contributed by atoms with Gasteiger partial charge in [0.15, 0.2) is 0 Å². The van der Waals surface area contributed by atoms with Crippen molar-refractivity contribution >= 4 is 5.91 Å². The molecule has 1 saturated heterocycles. The van der Waals surface area contributed by atoms with Crippen LogP contribution in [0.5, 0.6) is 0 Å². The zero-order valence-corrected chi connectivity index (χ0v) is 11.9. The number of hydrogen-bond donors (Lipinski definition) is 1. The summed E-state index contributed by atoms with van der Waals surface area (Å²) in [6.45, 7) is 7.00. The number of rotatable bonds is 4. The number of nitrogens with one attached hydrogen (secondary N) is 1. The Morgan fingerprint density at radius 3 is 2.58 bits per heavy atom. The van der Waals surface area contributed by atoms with Crippen molar-refractivity contribution in [3.05, 3.63) is 35.9 Å². The minimum absolute atomic E-state index is 0.0174. The summed E-state index contributed by atoms with van der Waals surface area (Å²) in [7, 11) is 0. The molecule has 104 valence electrons. The second kappa shape index (κ2) is 6.71. The van der Waals surface area contributed by atoms with Gasteiger partial charge in [-0.3, -0.25) is 9.69 Å². The van der Waals surface area contributed by atoms with Crippen molar-refractivity contribution in [2.45, 2.75) is 39.3 Å². The first-order chi connectivity index (χ1) is 9.16. The van der Waals surface area contributed by atoms with Gasteiger partial charge < -0.3 is 5.32 Å². The van der Waals surface area contributed by atoms with E-state index in [-0.39, 0.29) is 11.9 Å². The third-order valence-electron chi connectivity index (χ3n) is 4.05. The Morgan fingerprint density at radius 2 is 1.95 bits per heavy atom. The number of nitrogens with zero attached hydrogens (tertiary/aromatic N) is 1. The molecule has 1 aliphatic rings. The summed E-state index contributed by atoms with van der Waals surface area (Å²) in [6, 6.07) is 10.0. The average molecular weight is 260 g/mol. The summed E-state index contributed by atoms with van der Waals surface area (Å²) in [6.07, 6.45) is 2.41. The molecule has 1 fully saturated rings. The molecule has 1 atom stereocenters. The zero-order valence-electron chi connectivity index (χ0n) is 11.9. The van der Waals surface area contributed by atoms with Gasteiger partial charge in [0.2, 0.25) is 5.91 Å². The van der Waals surface area contributed by atoms with Crippen LogP contribution in [0.1, 0.15) is 32.3 Å². The van der Waals surface area contributed by atoms with Crippen molar-refractivity contribution in [2.24, 2.45) is 5.92 Å². The Morgan fingerprint density at radius 1 is 1.32 bits per heavy atom. The number of carbonyl (C=O) groups excluding carboxylic acids is 1. The maximum absolute atomic E-state index is 12.1. The van der Waals surface area contributed by atoms with Gasteiger partial charge in [-0.15, -0.1) is 0 Å². The van der Waals surface area contributed by atoms with E-state index in [1.807, 2.05) is 37.3 Å². The van der Waals surface area contributed by atoms with Crippen LogP contribution in [0.3, 0.4) is 0 Å². The van der Waals surface area contributed by atoms with E-state index in [9.17, 15) is 4.79 Å². The Kier molecular flexibility index (Phi) is 4.97. The minimum atomic E-state index is -0.0174. The number of benzene rings is 1. The van der Waals surface area contributed by atoms with E-state index in [1.165, 1.54) is 12.8 Å². The van der Waals surface area contributed by atoms with Crippen LogP contribution in [-0.4, -0.2) is 29.9 Å². The van der Waals surface area contributed by atoms with E-state index in [1.54, 1.807) is 0 Å². The van der Waals surface area contributed by atoms with Crippen LogP contribution in [0, 0.1) is 5.92 Å². The highest BCUT2D eigenvalue weighted by Crippen LogP contribution is 2.17. The summed E-state index contributed by atoms with van der Waals surface area (Å²) in [5, 5.41) is 3.03. The van der Waals surface area contributed by atoms with Crippen LogP contribution in [0.25, 0.3) is 0 Å². The normalized spacial score (nSPS) is 19.1. The maximum atomic E-state index is 12.1. The Bertz CT molecular complexity index is 396. The van der Waals surface area contributed by atoms with Gasteiger partial charge in [0.25, 0.3) is 0 Å². The lowest BCUT2D eigenvalue weighted by Crippen LogP contribution is -2.47. The highest BCUT2D eigenvalue weighted by Gasteiger charge is 2.24. The van der Waals surface area contributed by atoms with Crippen molar-refractivity contribution in [3.8, 4) is 0 Å². The predicted molar refractivity (Wildman–Crippen MR) is 77.7 cm³/mol. The number of amides is 1. The van der Waals surface area contributed by atoms with Crippen LogP contribution in [0.4, 0.5) is 0 Å². The fraction of sp³-hybridized carbons (Fsp3) is 0.562. The molecule has 0 spiro atoms. The number of piperidine rings is 1. The van der Waals surface area contributed by atoms with E-state index in [4.69, 9.17) is 0 Å². The molecule has 1 unspecified atom stereocenters. The highest BCUT2D eigenvalue weighted by atomic mass is 16.2. The third kappa shape index (κ3) is 4.06. The molecule has 1 aromatic carbocycles. The van der Waals surface area contributed by atoms with E-state index in [0.717, 1.165) is 24.6 Å². The molecule has 1 N–H and O–H groups in total. The second-order valence-corrected chi connectivity index (χ2v) is 5.60. The molecule has 0 aromatic heterocycles. The SMILES string of the molecule is CC1CCN(C(C)C(=O)NCc2ccccc2)CC1. The molecule has 0 radical (unpaired) electrons. The smallest absolute Gasteiger partial charge is 0.237 e. The molecule has 3 heteroatoms. The van der Waals surface area contributed by atoms with Crippen LogP contribution in [-0.2, 0) is 11.3 Å². The molecule has 0 saturated carbocycles. The van der Waals surface area contributed by atoms with Crippen molar-refractivity contribution in [1.82, 2.24) is 10.2 Å². The number of hydrogen-bond acceptors (Lipinski definition) is 2. The van der Waals surface area contributed by atoms with Crippen molar-refractivity contribution < 1.29 is 4.79 Å². The average Bonchev–Trinajstić information content (AvgIpc) is 2.46. The van der Waals surface area contributed by atoms with Gasteiger partial charge >= 0.3 is 0 Å². The number of likely N-dealkylation sites (tertiary alicyclic amines) is 1.